The summed E-state index contributed by atoms with van der Waals surface area (Å²) in [6.45, 7) is 6.96. The van der Waals surface area contributed by atoms with E-state index in [1.807, 2.05) is 0 Å². The van der Waals surface area contributed by atoms with Gasteiger partial charge in [0.1, 0.15) is 0 Å². The predicted octanol–water partition coefficient (Wildman–Crippen LogP) is 11.9. The van der Waals surface area contributed by atoms with Crippen molar-refractivity contribution in [2.24, 2.45) is 11.8 Å². The summed E-state index contributed by atoms with van der Waals surface area (Å²) in [5.41, 5.74) is 5.80. The van der Waals surface area contributed by atoms with Crippen LogP contribution in [0.2, 0.25) is 0 Å². The van der Waals surface area contributed by atoms with E-state index in [0.717, 1.165) is 17.8 Å². The van der Waals surface area contributed by atoms with Crippen molar-refractivity contribution in [3.05, 3.63) is 59.7 Å². The number of hydrogen-bond donors (Lipinski definition) is 0. The van der Waals surface area contributed by atoms with Crippen molar-refractivity contribution in [3.8, 4) is 11.1 Å². The van der Waals surface area contributed by atoms with Gasteiger partial charge in [-0.3, -0.25) is 0 Å². The fourth-order valence-electron chi connectivity index (χ4n) is 6.41. The largest absolute Gasteiger partial charge is 0.0654 e. The van der Waals surface area contributed by atoms with Crippen LogP contribution in [-0.2, 0) is 6.42 Å². The summed E-state index contributed by atoms with van der Waals surface area (Å²) in [5, 5.41) is 0. The minimum atomic E-state index is 0.783. The lowest BCUT2D eigenvalue weighted by Gasteiger charge is -2.29. The van der Waals surface area contributed by atoms with Crippen LogP contribution in [0.4, 0.5) is 0 Å². The summed E-state index contributed by atoms with van der Waals surface area (Å²) in [4.78, 5) is 0. The van der Waals surface area contributed by atoms with Gasteiger partial charge in [-0.1, -0.05) is 153 Å². The van der Waals surface area contributed by atoms with Crippen LogP contribution in [0.15, 0.2) is 48.5 Å². The van der Waals surface area contributed by atoms with Crippen LogP contribution in [0.25, 0.3) is 11.1 Å². The Hall–Kier alpha value is -1.56. The van der Waals surface area contributed by atoms with Crippen LogP contribution in [0.5, 0.6) is 0 Å². The molecule has 0 nitrogen and oxygen atoms in total. The Morgan fingerprint density at radius 1 is 0.611 bits per heavy atom. The lowest BCUT2D eigenvalue weighted by atomic mass is 9.77. The van der Waals surface area contributed by atoms with Gasteiger partial charge in [0.2, 0.25) is 0 Å². The van der Waals surface area contributed by atoms with Crippen molar-refractivity contribution in [2.75, 3.05) is 0 Å². The van der Waals surface area contributed by atoms with E-state index >= 15 is 0 Å². The zero-order chi connectivity index (χ0) is 25.4. The zero-order valence-corrected chi connectivity index (χ0v) is 24.1. The highest BCUT2D eigenvalue weighted by molar-refractivity contribution is 5.64. The van der Waals surface area contributed by atoms with Gasteiger partial charge in [0.15, 0.2) is 0 Å². The molecule has 0 heteroatoms. The van der Waals surface area contributed by atoms with Crippen molar-refractivity contribution < 1.29 is 0 Å². The molecule has 0 amide bonds. The first-order valence-corrected chi connectivity index (χ1v) is 15.9. The maximum Gasteiger partial charge on any atom is -0.0162 e. The Balaban J connectivity index is 1.38. The fraction of sp³-hybridized carbons (Fsp3) is 0.667. The molecule has 36 heavy (non-hydrogen) atoms. The van der Waals surface area contributed by atoms with Crippen molar-refractivity contribution in [1.29, 1.82) is 0 Å². The molecular weight excluding hydrogens is 432 g/mol. The van der Waals surface area contributed by atoms with E-state index in [1.165, 1.54) is 132 Å². The van der Waals surface area contributed by atoms with Gasteiger partial charge in [-0.2, -0.15) is 0 Å². The Labute approximate surface area is 224 Å². The van der Waals surface area contributed by atoms with E-state index in [2.05, 4.69) is 69.3 Å². The molecule has 0 bridgehead atoms. The topological polar surface area (TPSA) is 0 Å². The summed E-state index contributed by atoms with van der Waals surface area (Å²) in [7, 11) is 0. The number of hydrogen-bond acceptors (Lipinski definition) is 0. The highest BCUT2D eigenvalue weighted by Crippen LogP contribution is 2.38. The lowest BCUT2D eigenvalue weighted by molar-refractivity contribution is 0.302. The van der Waals surface area contributed by atoms with Crippen LogP contribution in [0, 0.1) is 11.8 Å². The number of rotatable bonds is 17. The molecule has 1 saturated carbocycles. The molecule has 1 atom stereocenters. The first kappa shape index (κ1) is 29.0. The monoisotopic (exact) mass is 488 g/mol. The van der Waals surface area contributed by atoms with Gasteiger partial charge in [0.25, 0.3) is 0 Å². The van der Waals surface area contributed by atoms with Gasteiger partial charge in [-0.15, -0.1) is 0 Å². The van der Waals surface area contributed by atoms with E-state index < -0.39 is 0 Å². The molecule has 1 unspecified atom stereocenters. The highest BCUT2D eigenvalue weighted by Gasteiger charge is 2.22. The minimum absolute atomic E-state index is 0.783. The van der Waals surface area contributed by atoms with E-state index in [4.69, 9.17) is 0 Å². The van der Waals surface area contributed by atoms with E-state index in [1.54, 1.807) is 5.56 Å². The van der Waals surface area contributed by atoms with E-state index in [9.17, 15) is 0 Å². The van der Waals surface area contributed by atoms with Crippen molar-refractivity contribution in [3.63, 3.8) is 0 Å². The molecule has 2 aromatic rings. The van der Waals surface area contributed by atoms with Crippen molar-refractivity contribution in [1.82, 2.24) is 0 Å². The Kier molecular flexibility index (Phi) is 13.7. The first-order valence-electron chi connectivity index (χ1n) is 15.9. The average molecular weight is 489 g/mol. The molecule has 0 saturated heterocycles. The maximum atomic E-state index is 2.42. The highest BCUT2D eigenvalue weighted by atomic mass is 14.3. The van der Waals surface area contributed by atoms with Gasteiger partial charge in [0.05, 0.1) is 0 Å². The smallest absolute Gasteiger partial charge is 0.0162 e. The molecular formula is C36H56. The fourth-order valence-corrected chi connectivity index (χ4v) is 6.41. The summed E-state index contributed by atoms with van der Waals surface area (Å²) >= 11 is 0. The molecule has 2 aromatic carbocycles. The third-order valence-electron chi connectivity index (χ3n) is 9.05. The van der Waals surface area contributed by atoms with Crippen LogP contribution in [-0.4, -0.2) is 0 Å². The maximum absolute atomic E-state index is 2.42. The average Bonchev–Trinajstić information content (AvgIpc) is 2.93. The molecule has 0 aliphatic heterocycles. The molecule has 0 aromatic heterocycles. The summed E-state index contributed by atoms with van der Waals surface area (Å²) < 4.78 is 0. The number of unbranched alkanes of at least 4 members (excludes halogenated alkanes) is 8. The first-order chi connectivity index (χ1) is 17.7. The minimum Gasteiger partial charge on any atom is -0.0654 e. The molecule has 0 N–H and O–H groups in total. The summed E-state index contributed by atoms with van der Waals surface area (Å²) in [5.74, 6) is 2.62. The van der Waals surface area contributed by atoms with Gasteiger partial charge in [-0.05, 0) is 72.1 Å². The van der Waals surface area contributed by atoms with Crippen LogP contribution in [0.1, 0.15) is 147 Å². The second-order valence-corrected chi connectivity index (χ2v) is 11.9. The Bertz CT molecular complexity index is 791. The quantitative estimate of drug-likeness (QED) is 0.194. The lowest BCUT2D eigenvalue weighted by Crippen LogP contribution is -2.13. The van der Waals surface area contributed by atoms with Crippen LogP contribution < -0.4 is 0 Å². The van der Waals surface area contributed by atoms with Gasteiger partial charge >= 0.3 is 0 Å². The molecule has 3 rings (SSSR count). The number of benzene rings is 2. The second kappa shape index (κ2) is 17.0. The van der Waals surface area contributed by atoms with Gasteiger partial charge in [-0.25, -0.2) is 0 Å². The van der Waals surface area contributed by atoms with E-state index in [0.29, 0.717) is 0 Å². The Morgan fingerprint density at radius 2 is 1.17 bits per heavy atom. The van der Waals surface area contributed by atoms with Crippen molar-refractivity contribution in [2.45, 2.75) is 142 Å². The summed E-state index contributed by atoms with van der Waals surface area (Å²) in [6.07, 6.45) is 25.3. The predicted molar refractivity (Wildman–Crippen MR) is 161 cm³/mol. The molecule has 1 aliphatic rings. The van der Waals surface area contributed by atoms with Crippen molar-refractivity contribution >= 4 is 0 Å². The molecule has 0 radical (unpaired) electrons. The standard InChI is InChI=1S/C36H56/c1-4-7-9-10-11-12-13-14-16-31-17-21-33(22-18-31)35-25-27-36(28-26-35)34-23-19-32(20-24-34)29-30(6-3)15-8-5-2/h19-20,23-28,30-31,33H,4-18,21-22,29H2,1-3H3. The van der Waals surface area contributed by atoms with Crippen LogP contribution in [0.3, 0.4) is 0 Å². The van der Waals surface area contributed by atoms with Gasteiger partial charge < -0.3 is 0 Å². The Morgan fingerprint density at radius 3 is 1.75 bits per heavy atom. The zero-order valence-electron chi connectivity index (χ0n) is 24.1. The molecule has 1 aliphatic carbocycles. The van der Waals surface area contributed by atoms with Gasteiger partial charge in [0, 0.05) is 0 Å². The second-order valence-electron chi connectivity index (χ2n) is 11.9. The molecule has 1 fully saturated rings. The summed E-state index contributed by atoms with van der Waals surface area (Å²) in [6, 6.07) is 19.0. The normalized spacial score (nSPS) is 18.9. The molecule has 0 spiro atoms. The molecule has 0 heterocycles. The third kappa shape index (κ3) is 10.1. The third-order valence-corrected chi connectivity index (χ3v) is 9.05. The van der Waals surface area contributed by atoms with E-state index in [-0.39, 0.29) is 0 Å². The van der Waals surface area contributed by atoms with Crippen LogP contribution >= 0.6 is 0 Å². The SMILES string of the molecule is CCCCCCCCCCC1CCC(c2ccc(-c3ccc(CC(CC)CCCC)cc3)cc2)CC1. The molecule has 200 valence electrons.